The molecule has 2 aromatic rings. The molecule has 1 saturated heterocycles. The van der Waals surface area contributed by atoms with Gasteiger partial charge in [-0.3, -0.25) is 0 Å². The summed E-state index contributed by atoms with van der Waals surface area (Å²) >= 11 is 0. The number of nitrogens with zero attached hydrogens (tertiary/aromatic N) is 7. The maximum atomic E-state index is 5.76. The molecule has 0 bridgehead atoms. The zero-order valence-electron chi connectivity index (χ0n) is 11.9. The Morgan fingerprint density at radius 1 is 1.43 bits per heavy atom. The Morgan fingerprint density at radius 3 is 3.05 bits per heavy atom. The van der Waals surface area contributed by atoms with Crippen molar-refractivity contribution in [2.75, 3.05) is 37.4 Å². The molecule has 0 aromatic carbocycles. The van der Waals surface area contributed by atoms with E-state index in [1.54, 1.807) is 0 Å². The van der Waals surface area contributed by atoms with E-state index in [4.69, 9.17) is 10.5 Å². The number of aromatic nitrogens is 6. The summed E-state index contributed by atoms with van der Waals surface area (Å²) in [6, 6.07) is 0. The third-order valence-corrected chi connectivity index (χ3v) is 3.38. The van der Waals surface area contributed by atoms with Gasteiger partial charge in [0.2, 0.25) is 11.9 Å². The van der Waals surface area contributed by atoms with Crippen LogP contribution in [-0.2, 0) is 4.74 Å². The van der Waals surface area contributed by atoms with Crippen LogP contribution in [0.3, 0.4) is 0 Å². The number of nitrogens with two attached hydrogens (primary N) is 1. The predicted molar refractivity (Wildman–Crippen MR) is 76.0 cm³/mol. The van der Waals surface area contributed by atoms with E-state index in [9.17, 15) is 0 Å². The minimum Gasteiger partial charge on any atom is -0.381 e. The Morgan fingerprint density at radius 2 is 2.33 bits per heavy atom. The summed E-state index contributed by atoms with van der Waals surface area (Å²) in [6.07, 6.45) is 5.19. The van der Waals surface area contributed by atoms with Crippen molar-refractivity contribution in [1.82, 2.24) is 29.7 Å². The molecule has 1 fully saturated rings. The summed E-state index contributed by atoms with van der Waals surface area (Å²) in [7, 11) is 1.94. The first-order valence-corrected chi connectivity index (χ1v) is 6.88. The third-order valence-electron chi connectivity index (χ3n) is 3.38. The van der Waals surface area contributed by atoms with Gasteiger partial charge in [-0.15, -0.1) is 0 Å². The van der Waals surface area contributed by atoms with Crippen molar-refractivity contribution < 1.29 is 4.74 Å². The molecule has 2 aromatic heterocycles. The molecule has 0 aliphatic carbocycles. The van der Waals surface area contributed by atoms with Crippen LogP contribution in [-0.4, -0.2) is 56.5 Å². The molecule has 3 rings (SSSR count). The summed E-state index contributed by atoms with van der Waals surface area (Å²) in [4.78, 5) is 18.5. The second-order valence-electron chi connectivity index (χ2n) is 5.10. The third kappa shape index (κ3) is 3.24. The molecule has 9 nitrogen and oxygen atoms in total. The van der Waals surface area contributed by atoms with Gasteiger partial charge in [0.05, 0.1) is 6.61 Å². The van der Waals surface area contributed by atoms with Crippen LogP contribution < -0.4 is 10.6 Å². The monoisotopic (exact) mass is 290 g/mol. The summed E-state index contributed by atoms with van der Waals surface area (Å²) in [5.41, 5.74) is 5.76. The molecule has 9 heteroatoms. The molecule has 0 spiro atoms. The van der Waals surface area contributed by atoms with Gasteiger partial charge < -0.3 is 15.4 Å². The molecule has 1 aliphatic heterocycles. The van der Waals surface area contributed by atoms with E-state index in [1.807, 2.05) is 11.9 Å². The highest BCUT2D eigenvalue weighted by Crippen LogP contribution is 2.17. The van der Waals surface area contributed by atoms with Crippen LogP contribution >= 0.6 is 0 Å². The molecular weight excluding hydrogens is 272 g/mol. The maximum absolute atomic E-state index is 5.76. The second-order valence-corrected chi connectivity index (χ2v) is 5.10. The van der Waals surface area contributed by atoms with Gasteiger partial charge in [0.1, 0.15) is 12.7 Å². The van der Waals surface area contributed by atoms with E-state index >= 15 is 0 Å². The first kappa shape index (κ1) is 13.7. The average molecular weight is 290 g/mol. The van der Waals surface area contributed by atoms with Gasteiger partial charge in [0.15, 0.2) is 0 Å². The predicted octanol–water partition coefficient (Wildman–Crippen LogP) is -0.103. The Bertz CT molecular complexity index is 581. The van der Waals surface area contributed by atoms with E-state index in [0.717, 1.165) is 32.6 Å². The minimum absolute atomic E-state index is 0.164. The van der Waals surface area contributed by atoms with Crippen LogP contribution in [0.5, 0.6) is 0 Å². The Labute approximate surface area is 122 Å². The molecule has 1 aliphatic rings. The van der Waals surface area contributed by atoms with Gasteiger partial charge in [0, 0.05) is 20.2 Å². The number of hydrogen-bond acceptors (Lipinski definition) is 8. The van der Waals surface area contributed by atoms with Gasteiger partial charge in [-0.2, -0.15) is 24.7 Å². The van der Waals surface area contributed by atoms with E-state index in [0.29, 0.717) is 17.8 Å². The minimum atomic E-state index is 0.164. The van der Waals surface area contributed by atoms with Crippen molar-refractivity contribution in [3.8, 4) is 5.95 Å². The topological polar surface area (TPSA) is 108 Å². The molecule has 0 radical (unpaired) electrons. The van der Waals surface area contributed by atoms with Gasteiger partial charge in [0.25, 0.3) is 5.95 Å². The van der Waals surface area contributed by atoms with E-state index < -0.39 is 0 Å². The van der Waals surface area contributed by atoms with Crippen LogP contribution in [0.15, 0.2) is 12.7 Å². The number of rotatable bonds is 4. The largest absolute Gasteiger partial charge is 0.381 e. The fourth-order valence-corrected chi connectivity index (χ4v) is 2.37. The highest BCUT2D eigenvalue weighted by molar-refractivity contribution is 5.36. The lowest BCUT2D eigenvalue weighted by Gasteiger charge is -2.27. The van der Waals surface area contributed by atoms with Gasteiger partial charge >= 0.3 is 0 Å². The van der Waals surface area contributed by atoms with Gasteiger partial charge in [-0.25, -0.2) is 4.98 Å². The number of ether oxygens (including phenoxy) is 1. The van der Waals surface area contributed by atoms with Crippen molar-refractivity contribution in [3.63, 3.8) is 0 Å². The molecule has 112 valence electrons. The molecule has 21 heavy (non-hydrogen) atoms. The Kier molecular flexibility index (Phi) is 3.91. The average Bonchev–Trinajstić information content (AvgIpc) is 3.02. The lowest BCUT2D eigenvalue weighted by atomic mass is 10.0. The first-order chi connectivity index (χ1) is 10.2. The smallest absolute Gasteiger partial charge is 0.258 e. The molecule has 0 saturated carbocycles. The van der Waals surface area contributed by atoms with Crippen molar-refractivity contribution >= 4 is 11.9 Å². The second kappa shape index (κ2) is 6.00. The molecule has 1 unspecified atom stereocenters. The van der Waals surface area contributed by atoms with E-state index in [2.05, 4.69) is 25.0 Å². The summed E-state index contributed by atoms with van der Waals surface area (Å²) in [5.74, 6) is 1.54. The Hall–Kier alpha value is -2.29. The lowest BCUT2D eigenvalue weighted by Crippen LogP contribution is -2.32. The molecule has 3 heterocycles. The van der Waals surface area contributed by atoms with Gasteiger partial charge in [-0.05, 0) is 18.8 Å². The summed E-state index contributed by atoms with van der Waals surface area (Å²) in [6.45, 7) is 2.45. The van der Waals surface area contributed by atoms with E-state index in [-0.39, 0.29) is 5.95 Å². The standard InChI is InChI=1S/C12H18N8O/c1-19(5-9-3-2-4-21-6-9)11-16-10(13)17-12(18-11)20-8-14-7-15-20/h7-9H,2-6H2,1H3,(H2,13,16,17,18). The number of hydrogen-bond donors (Lipinski definition) is 1. The highest BCUT2D eigenvalue weighted by atomic mass is 16.5. The number of nitrogen functional groups attached to an aromatic ring is 1. The van der Waals surface area contributed by atoms with Crippen LogP contribution in [0.25, 0.3) is 5.95 Å². The van der Waals surface area contributed by atoms with Crippen LogP contribution in [0.1, 0.15) is 12.8 Å². The first-order valence-electron chi connectivity index (χ1n) is 6.88. The van der Waals surface area contributed by atoms with Crippen molar-refractivity contribution in [1.29, 1.82) is 0 Å². The van der Waals surface area contributed by atoms with Crippen LogP contribution in [0, 0.1) is 5.92 Å². The zero-order valence-corrected chi connectivity index (χ0v) is 11.9. The SMILES string of the molecule is CN(CC1CCCOC1)c1nc(N)nc(-n2cncn2)n1. The van der Waals surface area contributed by atoms with Crippen molar-refractivity contribution in [2.45, 2.75) is 12.8 Å². The Balaban J connectivity index is 1.77. The molecule has 2 N–H and O–H groups in total. The fourth-order valence-electron chi connectivity index (χ4n) is 2.37. The normalized spacial score (nSPS) is 18.6. The summed E-state index contributed by atoms with van der Waals surface area (Å²) < 4.78 is 6.96. The molecule has 1 atom stereocenters. The molecular formula is C12H18N8O. The van der Waals surface area contributed by atoms with Crippen molar-refractivity contribution in [2.24, 2.45) is 5.92 Å². The fraction of sp³-hybridized carbons (Fsp3) is 0.583. The van der Waals surface area contributed by atoms with Gasteiger partial charge in [-0.1, -0.05) is 0 Å². The number of anilines is 2. The maximum Gasteiger partial charge on any atom is 0.258 e. The van der Waals surface area contributed by atoms with E-state index in [1.165, 1.54) is 17.3 Å². The van der Waals surface area contributed by atoms with Crippen molar-refractivity contribution in [3.05, 3.63) is 12.7 Å². The summed E-state index contributed by atoms with van der Waals surface area (Å²) in [5, 5.41) is 4.00. The van der Waals surface area contributed by atoms with Crippen LogP contribution in [0.4, 0.5) is 11.9 Å². The lowest BCUT2D eigenvalue weighted by molar-refractivity contribution is 0.0575. The quantitative estimate of drug-likeness (QED) is 0.831. The van der Waals surface area contributed by atoms with Crippen LogP contribution in [0.2, 0.25) is 0 Å². The molecule has 0 amide bonds. The zero-order chi connectivity index (χ0) is 14.7. The highest BCUT2D eigenvalue weighted by Gasteiger charge is 2.18.